The van der Waals surface area contributed by atoms with Crippen LogP contribution in [0.2, 0.25) is 0 Å². The Kier molecular flexibility index (Phi) is 4.35. The highest BCUT2D eigenvalue weighted by Gasteiger charge is 2.26. The number of amides is 2. The van der Waals surface area contributed by atoms with Crippen molar-refractivity contribution in [2.45, 2.75) is 53.1 Å². The number of benzene rings is 1. The van der Waals surface area contributed by atoms with E-state index in [1.165, 1.54) is 0 Å². The number of hydrogen-bond donors (Lipinski definition) is 0. The fraction of sp³-hybridized carbons (Fsp3) is 0.529. The first-order valence-electron chi connectivity index (χ1n) is 7.56. The third kappa shape index (κ3) is 2.94. The number of rotatable bonds is 3. The van der Waals surface area contributed by atoms with Crippen molar-refractivity contribution >= 4 is 17.5 Å². The standard InChI is InChI=1S/C17H24N2O2/c1-11(2)19(12(3)4)17(21)15-6-7-16-14(10-15)8-9-18(16)13(5)20/h6-7,10-12H,8-9H2,1-5H3. The van der Waals surface area contributed by atoms with Gasteiger partial charge < -0.3 is 9.80 Å². The van der Waals surface area contributed by atoms with Crippen molar-refractivity contribution in [2.24, 2.45) is 0 Å². The molecular formula is C17H24N2O2. The van der Waals surface area contributed by atoms with Gasteiger partial charge in [0.1, 0.15) is 0 Å². The van der Waals surface area contributed by atoms with E-state index in [4.69, 9.17) is 0 Å². The first kappa shape index (κ1) is 15.5. The minimum Gasteiger partial charge on any atom is -0.334 e. The lowest BCUT2D eigenvalue weighted by Crippen LogP contribution is -2.42. The summed E-state index contributed by atoms with van der Waals surface area (Å²) in [5.41, 5.74) is 2.74. The predicted octanol–water partition coefficient (Wildman–Crippen LogP) is 2.85. The molecule has 1 heterocycles. The van der Waals surface area contributed by atoms with E-state index in [1.807, 2.05) is 50.8 Å². The Morgan fingerprint density at radius 2 is 1.76 bits per heavy atom. The summed E-state index contributed by atoms with van der Waals surface area (Å²) in [6, 6.07) is 6.01. The van der Waals surface area contributed by atoms with Gasteiger partial charge in [0.25, 0.3) is 5.91 Å². The quantitative estimate of drug-likeness (QED) is 0.858. The highest BCUT2D eigenvalue weighted by molar-refractivity contribution is 5.98. The first-order chi connectivity index (χ1) is 9.82. The zero-order chi connectivity index (χ0) is 15.7. The molecule has 0 saturated carbocycles. The minimum atomic E-state index is 0.0545. The Hall–Kier alpha value is -1.84. The lowest BCUT2D eigenvalue weighted by molar-refractivity contribution is -0.116. The number of hydrogen-bond acceptors (Lipinski definition) is 2. The topological polar surface area (TPSA) is 40.6 Å². The second kappa shape index (κ2) is 5.88. The molecule has 0 saturated heterocycles. The third-order valence-corrected chi connectivity index (χ3v) is 3.95. The number of carbonyl (C=O) groups excluding carboxylic acids is 2. The molecule has 0 aromatic heterocycles. The van der Waals surface area contributed by atoms with E-state index in [0.29, 0.717) is 12.1 Å². The summed E-state index contributed by atoms with van der Waals surface area (Å²) in [6.07, 6.45) is 0.819. The Bertz CT molecular complexity index is 556. The summed E-state index contributed by atoms with van der Waals surface area (Å²) in [4.78, 5) is 27.9. The predicted molar refractivity (Wildman–Crippen MR) is 84.6 cm³/mol. The molecule has 0 aliphatic carbocycles. The average molecular weight is 288 g/mol. The Morgan fingerprint density at radius 3 is 2.29 bits per heavy atom. The zero-order valence-electron chi connectivity index (χ0n) is 13.5. The van der Waals surface area contributed by atoms with E-state index in [2.05, 4.69) is 0 Å². The Balaban J connectivity index is 2.31. The molecule has 0 radical (unpaired) electrons. The van der Waals surface area contributed by atoms with Crippen LogP contribution in [0, 0.1) is 0 Å². The van der Waals surface area contributed by atoms with E-state index in [0.717, 1.165) is 17.7 Å². The summed E-state index contributed by atoms with van der Waals surface area (Å²) in [5, 5.41) is 0. The van der Waals surface area contributed by atoms with Crippen molar-refractivity contribution in [1.29, 1.82) is 0 Å². The minimum absolute atomic E-state index is 0.0545. The molecule has 0 unspecified atom stereocenters. The highest BCUT2D eigenvalue weighted by Crippen LogP contribution is 2.29. The van der Waals surface area contributed by atoms with Crippen molar-refractivity contribution in [2.75, 3.05) is 11.4 Å². The van der Waals surface area contributed by atoms with Crippen LogP contribution in [-0.4, -0.2) is 35.3 Å². The molecule has 0 spiro atoms. The van der Waals surface area contributed by atoms with Gasteiger partial charge >= 0.3 is 0 Å². The number of fused-ring (bicyclic) bond motifs is 1. The van der Waals surface area contributed by atoms with Crippen LogP contribution in [0.25, 0.3) is 0 Å². The van der Waals surface area contributed by atoms with Crippen molar-refractivity contribution < 1.29 is 9.59 Å². The monoisotopic (exact) mass is 288 g/mol. The van der Waals surface area contributed by atoms with Gasteiger partial charge in [0.2, 0.25) is 5.91 Å². The maximum absolute atomic E-state index is 12.7. The van der Waals surface area contributed by atoms with Crippen LogP contribution in [-0.2, 0) is 11.2 Å². The second-order valence-corrected chi connectivity index (χ2v) is 6.16. The molecule has 1 aromatic carbocycles. The largest absolute Gasteiger partial charge is 0.334 e. The zero-order valence-corrected chi connectivity index (χ0v) is 13.5. The van der Waals surface area contributed by atoms with Crippen molar-refractivity contribution in [3.63, 3.8) is 0 Å². The van der Waals surface area contributed by atoms with Gasteiger partial charge in [-0.15, -0.1) is 0 Å². The van der Waals surface area contributed by atoms with E-state index in [-0.39, 0.29) is 23.9 Å². The van der Waals surface area contributed by atoms with Crippen LogP contribution in [0.4, 0.5) is 5.69 Å². The van der Waals surface area contributed by atoms with Crippen LogP contribution < -0.4 is 4.90 Å². The fourth-order valence-electron chi connectivity index (χ4n) is 3.08. The maximum atomic E-state index is 12.7. The summed E-state index contributed by atoms with van der Waals surface area (Å²) < 4.78 is 0. The van der Waals surface area contributed by atoms with E-state index < -0.39 is 0 Å². The Labute approximate surface area is 126 Å². The summed E-state index contributed by atoms with van der Waals surface area (Å²) in [6.45, 7) is 10.4. The van der Waals surface area contributed by atoms with Gasteiger partial charge in [-0.25, -0.2) is 0 Å². The van der Waals surface area contributed by atoms with Gasteiger partial charge in [0.15, 0.2) is 0 Å². The average Bonchev–Trinajstić information content (AvgIpc) is 2.80. The van der Waals surface area contributed by atoms with Crippen LogP contribution in [0.1, 0.15) is 50.5 Å². The number of nitrogens with zero attached hydrogens (tertiary/aromatic N) is 2. The molecule has 0 N–H and O–H groups in total. The van der Waals surface area contributed by atoms with Crippen molar-refractivity contribution in [3.8, 4) is 0 Å². The van der Waals surface area contributed by atoms with Gasteiger partial charge in [-0.1, -0.05) is 0 Å². The highest BCUT2D eigenvalue weighted by atomic mass is 16.2. The lowest BCUT2D eigenvalue weighted by atomic mass is 10.1. The SMILES string of the molecule is CC(=O)N1CCc2cc(C(=O)N(C(C)C)C(C)C)ccc21. The van der Waals surface area contributed by atoms with Gasteiger partial charge in [0, 0.05) is 36.8 Å². The molecule has 0 bridgehead atoms. The van der Waals surface area contributed by atoms with E-state index >= 15 is 0 Å². The number of carbonyl (C=O) groups is 2. The van der Waals surface area contributed by atoms with Crippen LogP contribution in [0.15, 0.2) is 18.2 Å². The molecular weight excluding hydrogens is 264 g/mol. The first-order valence-corrected chi connectivity index (χ1v) is 7.56. The van der Waals surface area contributed by atoms with Gasteiger partial charge in [-0.2, -0.15) is 0 Å². The molecule has 2 rings (SSSR count). The molecule has 0 atom stereocenters. The van der Waals surface area contributed by atoms with Crippen LogP contribution >= 0.6 is 0 Å². The molecule has 4 nitrogen and oxygen atoms in total. The molecule has 21 heavy (non-hydrogen) atoms. The Morgan fingerprint density at radius 1 is 1.14 bits per heavy atom. The van der Waals surface area contributed by atoms with Gasteiger partial charge in [0.05, 0.1) is 0 Å². The van der Waals surface area contributed by atoms with E-state index in [9.17, 15) is 9.59 Å². The van der Waals surface area contributed by atoms with Crippen LogP contribution in [0.5, 0.6) is 0 Å². The number of anilines is 1. The lowest BCUT2D eigenvalue weighted by Gasteiger charge is -2.31. The normalized spacial score (nSPS) is 13.8. The molecule has 1 aromatic rings. The van der Waals surface area contributed by atoms with Crippen molar-refractivity contribution in [1.82, 2.24) is 4.90 Å². The van der Waals surface area contributed by atoms with Crippen LogP contribution in [0.3, 0.4) is 0 Å². The molecule has 0 fully saturated rings. The summed E-state index contributed by atoms with van der Waals surface area (Å²) >= 11 is 0. The molecule has 2 amide bonds. The molecule has 1 aliphatic heterocycles. The molecule has 4 heteroatoms. The molecule has 1 aliphatic rings. The van der Waals surface area contributed by atoms with Gasteiger partial charge in [-0.3, -0.25) is 9.59 Å². The third-order valence-electron chi connectivity index (χ3n) is 3.95. The maximum Gasteiger partial charge on any atom is 0.254 e. The molecule has 114 valence electrons. The van der Waals surface area contributed by atoms with Crippen molar-refractivity contribution in [3.05, 3.63) is 29.3 Å². The fourth-order valence-corrected chi connectivity index (χ4v) is 3.08. The summed E-state index contributed by atoms with van der Waals surface area (Å²) in [7, 11) is 0. The second-order valence-electron chi connectivity index (χ2n) is 6.16. The summed E-state index contributed by atoms with van der Waals surface area (Å²) in [5.74, 6) is 0.114. The van der Waals surface area contributed by atoms with Gasteiger partial charge in [-0.05, 0) is 57.9 Å². The smallest absolute Gasteiger partial charge is 0.254 e. The van der Waals surface area contributed by atoms with E-state index in [1.54, 1.807) is 11.8 Å².